The first-order valence-corrected chi connectivity index (χ1v) is 8.72. The number of carbonyl (C=O) groups is 2. The van der Waals surface area contributed by atoms with E-state index in [1.807, 2.05) is 20.8 Å². The van der Waals surface area contributed by atoms with Gasteiger partial charge >= 0.3 is 0 Å². The maximum Gasteiger partial charge on any atom is 0.264 e. The van der Waals surface area contributed by atoms with Crippen molar-refractivity contribution in [2.45, 2.75) is 39.7 Å². The van der Waals surface area contributed by atoms with E-state index in [0.29, 0.717) is 23.6 Å². The molecule has 0 spiro atoms. The van der Waals surface area contributed by atoms with Crippen molar-refractivity contribution in [2.75, 3.05) is 14.1 Å². The normalized spacial score (nSPS) is 11.2. The van der Waals surface area contributed by atoms with Crippen LogP contribution in [0.15, 0.2) is 29.1 Å². The van der Waals surface area contributed by atoms with Crippen molar-refractivity contribution in [3.63, 3.8) is 0 Å². The van der Waals surface area contributed by atoms with Gasteiger partial charge in [-0.15, -0.1) is 0 Å². The van der Waals surface area contributed by atoms with Gasteiger partial charge in [0.15, 0.2) is 0 Å². The lowest BCUT2D eigenvalue weighted by Crippen LogP contribution is -2.34. The number of nitrogens with one attached hydrogen (secondary N) is 2. The topological polar surface area (TPSA) is 95.2 Å². The van der Waals surface area contributed by atoms with Gasteiger partial charge in [-0.1, -0.05) is 32.9 Å². The number of H-pyrrole nitrogens is 1. The molecule has 1 aromatic carbocycles. The van der Waals surface area contributed by atoms with E-state index in [0.717, 1.165) is 5.56 Å². The van der Waals surface area contributed by atoms with Crippen molar-refractivity contribution >= 4 is 11.8 Å². The zero-order valence-corrected chi connectivity index (χ0v) is 16.6. The van der Waals surface area contributed by atoms with Gasteiger partial charge in [0.25, 0.3) is 17.4 Å². The van der Waals surface area contributed by atoms with Gasteiger partial charge in [-0.25, -0.2) is 4.98 Å². The third-order valence-corrected chi connectivity index (χ3v) is 4.23. The third kappa shape index (κ3) is 4.61. The lowest BCUT2D eigenvalue weighted by molar-refractivity contribution is 0.0781. The minimum absolute atomic E-state index is 0.0486. The van der Waals surface area contributed by atoms with Crippen molar-refractivity contribution in [1.29, 1.82) is 0 Å². The number of nitrogens with zero attached hydrogens (tertiary/aromatic N) is 2. The third-order valence-electron chi connectivity index (χ3n) is 4.23. The average Bonchev–Trinajstić information content (AvgIpc) is 2.60. The van der Waals surface area contributed by atoms with E-state index in [4.69, 9.17) is 0 Å². The highest BCUT2D eigenvalue weighted by Gasteiger charge is 2.24. The van der Waals surface area contributed by atoms with Gasteiger partial charge in [-0.2, -0.15) is 0 Å². The Hall–Kier alpha value is -2.96. The predicted molar refractivity (Wildman–Crippen MR) is 104 cm³/mol. The summed E-state index contributed by atoms with van der Waals surface area (Å²) < 4.78 is 0. The summed E-state index contributed by atoms with van der Waals surface area (Å²) >= 11 is 0. The van der Waals surface area contributed by atoms with Crippen LogP contribution in [0.3, 0.4) is 0 Å². The SMILES string of the molecule is CNC(=O)c1ccc(CN(C)C(=O)c2c(C)nc(C(C)(C)C)[nH]c2=O)cc1. The Morgan fingerprint density at radius 2 is 1.78 bits per heavy atom. The molecular formula is C20H26N4O3. The molecule has 1 heterocycles. The largest absolute Gasteiger partial charge is 0.355 e. The molecule has 27 heavy (non-hydrogen) atoms. The predicted octanol–water partition coefficient (Wildman–Crippen LogP) is 2.01. The van der Waals surface area contributed by atoms with Gasteiger partial charge in [0.2, 0.25) is 0 Å². The van der Waals surface area contributed by atoms with Crippen molar-refractivity contribution in [3.8, 4) is 0 Å². The van der Waals surface area contributed by atoms with E-state index in [-0.39, 0.29) is 16.9 Å². The zero-order chi connectivity index (χ0) is 20.4. The summed E-state index contributed by atoms with van der Waals surface area (Å²) in [7, 11) is 3.20. The molecule has 0 aliphatic rings. The number of rotatable bonds is 4. The summed E-state index contributed by atoms with van der Waals surface area (Å²) in [6, 6.07) is 6.97. The maximum atomic E-state index is 12.8. The van der Waals surface area contributed by atoms with Crippen molar-refractivity contribution in [2.24, 2.45) is 0 Å². The zero-order valence-electron chi connectivity index (χ0n) is 16.6. The van der Waals surface area contributed by atoms with Crippen molar-refractivity contribution < 1.29 is 9.59 Å². The highest BCUT2D eigenvalue weighted by Crippen LogP contribution is 2.18. The van der Waals surface area contributed by atoms with Crippen LogP contribution >= 0.6 is 0 Å². The molecule has 0 radical (unpaired) electrons. The molecule has 2 rings (SSSR count). The van der Waals surface area contributed by atoms with Crippen LogP contribution in [0.4, 0.5) is 0 Å². The molecule has 1 aromatic heterocycles. The molecular weight excluding hydrogens is 344 g/mol. The molecule has 0 aliphatic carbocycles. The van der Waals surface area contributed by atoms with E-state index < -0.39 is 11.5 Å². The van der Waals surface area contributed by atoms with Crippen LogP contribution in [0.1, 0.15) is 58.6 Å². The molecule has 0 aliphatic heterocycles. The van der Waals surface area contributed by atoms with Crippen molar-refractivity contribution in [3.05, 3.63) is 62.8 Å². The summed E-state index contributed by atoms with van der Waals surface area (Å²) in [6.07, 6.45) is 0. The van der Waals surface area contributed by atoms with E-state index in [9.17, 15) is 14.4 Å². The summed E-state index contributed by atoms with van der Waals surface area (Å²) in [5, 5.41) is 2.56. The molecule has 0 bridgehead atoms. The van der Waals surface area contributed by atoms with Crippen LogP contribution in [0.5, 0.6) is 0 Å². The quantitative estimate of drug-likeness (QED) is 0.861. The smallest absolute Gasteiger partial charge is 0.264 e. The van der Waals surface area contributed by atoms with Crippen LogP contribution in [-0.2, 0) is 12.0 Å². The fraction of sp³-hybridized carbons (Fsp3) is 0.400. The van der Waals surface area contributed by atoms with Crippen LogP contribution in [0, 0.1) is 6.92 Å². The first-order valence-electron chi connectivity index (χ1n) is 8.72. The molecule has 7 nitrogen and oxygen atoms in total. The van der Waals surface area contributed by atoms with Gasteiger partial charge in [-0.3, -0.25) is 14.4 Å². The van der Waals surface area contributed by atoms with Gasteiger partial charge < -0.3 is 15.2 Å². The number of aromatic nitrogens is 2. The van der Waals surface area contributed by atoms with Crippen LogP contribution < -0.4 is 10.9 Å². The number of hydrogen-bond acceptors (Lipinski definition) is 4. The lowest BCUT2D eigenvalue weighted by Gasteiger charge is -2.21. The van der Waals surface area contributed by atoms with Crippen molar-refractivity contribution in [1.82, 2.24) is 20.2 Å². The number of aromatic amines is 1. The summed E-state index contributed by atoms with van der Waals surface area (Å²) in [6.45, 7) is 7.82. The molecule has 0 atom stereocenters. The molecule has 0 unspecified atom stereocenters. The molecule has 144 valence electrons. The molecule has 7 heteroatoms. The fourth-order valence-electron chi connectivity index (χ4n) is 2.64. The van der Waals surface area contributed by atoms with Crippen LogP contribution in [-0.4, -0.2) is 40.8 Å². The highest BCUT2D eigenvalue weighted by atomic mass is 16.2. The second kappa shape index (κ2) is 7.73. The Morgan fingerprint density at radius 3 is 2.26 bits per heavy atom. The van der Waals surface area contributed by atoms with Gasteiger partial charge in [0.1, 0.15) is 11.4 Å². The molecule has 0 fully saturated rings. The fourth-order valence-corrected chi connectivity index (χ4v) is 2.64. The number of benzene rings is 1. The van der Waals surface area contributed by atoms with Gasteiger partial charge in [-0.05, 0) is 24.6 Å². The first-order chi connectivity index (χ1) is 12.5. The summed E-state index contributed by atoms with van der Waals surface area (Å²) in [5.41, 5.74) is 1.11. The Balaban J connectivity index is 2.23. The Labute approximate surface area is 158 Å². The molecule has 2 aromatic rings. The monoisotopic (exact) mass is 370 g/mol. The first kappa shape index (κ1) is 20.4. The minimum Gasteiger partial charge on any atom is -0.355 e. The number of aryl methyl sites for hydroxylation is 1. The Bertz CT molecular complexity index is 908. The molecule has 0 saturated heterocycles. The average molecular weight is 370 g/mol. The van der Waals surface area contributed by atoms with Crippen LogP contribution in [0.25, 0.3) is 0 Å². The lowest BCUT2D eigenvalue weighted by atomic mass is 9.95. The van der Waals surface area contributed by atoms with E-state index in [1.165, 1.54) is 4.90 Å². The summed E-state index contributed by atoms with van der Waals surface area (Å²) in [5.74, 6) is -0.00997. The molecule has 2 amide bonds. The number of carbonyl (C=O) groups excluding carboxylic acids is 2. The highest BCUT2D eigenvalue weighted by molar-refractivity contribution is 5.95. The summed E-state index contributed by atoms with van der Waals surface area (Å²) in [4.78, 5) is 45.4. The Morgan fingerprint density at radius 1 is 1.19 bits per heavy atom. The molecule has 0 saturated carbocycles. The number of hydrogen-bond donors (Lipinski definition) is 2. The Kier molecular flexibility index (Phi) is 5.83. The van der Waals surface area contributed by atoms with Gasteiger partial charge in [0, 0.05) is 31.6 Å². The van der Waals surface area contributed by atoms with Crippen LogP contribution in [0.2, 0.25) is 0 Å². The minimum atomic E-state index is -0.431. The number of amides is 2. The standard InChI is InChI=1S/C20H26N4O3/c1-12-15(17(26)23-19(22-12)20(2,3)4)18(27)24(6)11-13-7-9-14(10-8-13)16(25)21-5/h7-10H,11H2,1-6H3,(H,21,25)(H,22,23,26). The second-order valence-electron chi connectivity index (χ2n) is 7.56. The van der Waals surface area contributed by atoms with E-state index >= 15 is 0 Å². The maximum absolute atomic E-state index is 12.8. The second-order valence-corrected chi connectivity index (χ2v) is 7.56. The van der Waals surface area contributed by atoms with E-state index in [1.54, 1.807) is 45.3 Å². The molecule has 2 N–H and O–H groups in total. The van der Waals surface area contributed by atoms with Gasteiger partial charge in [0.05, 0.1) is 5.69 Å². The van der Waals surface area contributed by atoms with E-state index in [2.05, 4.69) is 15.3 Å².